The van der Waals surface area contributed by atoms with Crippen LogP contribution in [0.25, 0.3) is 0 Å². The van der Waals surface area contributed by atoms with Crippen LogP contribution in [0.15, 0.2) is 0 Å². The monoisotopic (exact) mass is 269 g/mol. The predicted molar refractivity (Wildman–Crippen MR) is 51.8 cm³/mol. The van der Waals surface area contributed by atoms with Gasteiger partial charge in [-0.2, -0.15) is 0 Å². The fraction of sp³-hybridized carbons (Fsp3) is 0.714. The smallest absolute Gasteiger partial charge is 0.216 e. The average molecular weight is 269 g/mol. The van der Waals surface area contributed by atoms with Crippen LogP contribution in [-0.2, 0) is 9.59 Å². The molecule has 0 aliphatic heterocycles. The summed E-state index contributed by atoms with van der Waals surface area (Å²) in [6, 6.07) is 0. The molecule has 4 heteroatoms. The fourth-order valence-corrected chi connectivity index (χ4v) is 0.998. The highest BCUT2D eigenvalue weighted by Crippen LogP contribution is 1.93. The highest BCUT2D eigenvalue weighted by molar-refractivity contribution is 14.1. The maximum absolute atomic E-state index is 10.7. The van der Waals surface area contributed by atoms with Crippen molar-refractivity contribution in [2.75, 3.05) is 11.0 Å². The number of hydrogen-bond acceptors (Lipinski definition) is 2. The molecule has 0 rings (SSSR count). The first kappa shape index (κ1) is 10.9. The second-order valence-corrected chi connectivity index (χ2v) is 3.02. The first-order valence-corrected chi connectivity index (χ1v) is 5.01. The molecule has 0 aliphatic carbocycles. The van der Waals surface area contributed by atoms with Gasteiger partial charge in [-0.15, -0.1) is 0 Å². The van der Waals surface area contributed by atoms with Gasteiger partial charge in [-0.05, 0) is 6.42 Å². The largest absolute Gasteiger partial charge is 0.356 e. The lowest BCUT2D eigenvalue weighted by molar-refractivity contribution is -0.119. The van der Waals surface area contributed by atoms with E-state index in [9.17, 15) is 9.59 Å². The molecule has 0 spiro atoms. The quantitative estimate of drug-likeness (QED) is 0.458. The molecule has 3 nitrogen and oxygen atoms in total. The minimum atomic E-state index is -0.0353. The first-order chi connectivity index (χ1) is 5.16. The SMILES string of the molecule is CC(=O)NCCCC(=O)CI. The van der Waals surface area contributed by atoms with E-state index in [0.29, 0.717) is 17.4 Å². The molecule has 0 aromatic heterocycles. The van der Waals surface area contributed by atoms with E-state index in [2.05, 4.69) is 5.32 Å². The van der Waals surface area contributed by atoms with Crippen LogP contribution in [0.4, 0.5) is 0 Å². The number of nitrogens with one attached hydrogen (secondary N) is 1. The topological polar surface area (TPSA) is 46.2 Å². The lowest BCUT2D eigenvalue weighted by Gasteiger charge is -1.99. The summed E-state index contributed by atoms with van der Waals surface area (Å²) in [5.41, 5.74) is 0. The minimum Gasteiger partial charge on any atom is -0.356 e. The normalized spacial score (nSPS) is 9.27. The van der Waals surface area contributed by atoms with E-state index in [1.165, 1.54) is 6.92 Å². The molecule has 0 saturated heterocycles. The van der Waals surface area contributed by atoms with Crippen molar-refractivity contribution >= 4 is 34.3 Å². The molecule has 11 heavy (non-hydrogen) atoms. The number of carbonyl (C=O) groups is 2. The molecule has 0 aromatic rings. The van der Waals surface area contributed by atoms with Crippen molar-refractivity contribution in [2.24, 2.45) is 0 Å². The van der Waals surface area contributed by atoms with Crippen LogP contribution in [0, 0.1) is 0 Å². The first-order valence-electron chi connectivity index (χ1n) is 3.49. The van der Waals surface area contributed by atoms with E-state index in [1.807, 2.05) is 22.6 Å². The summed E-state index contributed by atoms with van der Waals surface area (Å²) >= 11 is 2.04. The molecule has 1 N–H and O–H groups in total. The highest BCUT2D eigenvalue weighted by atomic mass is 127. The van der Waals surface area contributed by atoms with Crippen LogP contribution in [0.5, 0.6) is 0 Å². The van der Waals surface area contributed by atoms with E-state index in [1.54, 1.807) is 0 Å². The molecule has 0 aromatic carbocycles. The van der Waals surface area contributed by atoms with Crippen molar-refractivity contribution in [1.82, 2.24) is 5.32 Å². The number of hydrogen-bond donors (Lipinski definition) is 1. The van der Waals surface area contributed by atoms with Crippen LogP contribution in [-0.4, -0.2) is 22.7 Å². The van der Waals surface area contributed by atoms with Crippen molar-refractivity contribution in [3.05, 3.63) is 0 Å². The van der Waals surface area contributed by atoms with E-state index in [-0.39, 0.29) is 11.7 Å². The van der Waals surface area contributed by atoms with E-state index < -0.39 is 0 Å². The van der Waals surface area contributed by atoms with Crippen molar-refractivity contribution in [2.45, 2.75) is 19.8 Å². The van der Waals surface area contributed by atoms with Gasteiger partial charge in [0.1, 0.15) is 5.78 Å². The molecule has 0 bridgehead atoms. The Bertz CT molecular complexity index is 147. The molecule has 0 aliphatic rings. The second kappa shape index (κ2) is 6.57. The van der Waals surface area contributed by atoms with Crippen molar-refractivity contribution < 1.29 is 9.59 Å². The Kier molecular flexibility index (Phi) is 6.49. The van der Waals surface area contributed by atoms with Gasteiger partial charge in [-0.3, -0.25) is 9.59 Å². The van der Waals surface area contributed by atoms with Gasteiger partial charge >= 0.3 is 0 Å². The summed E-state index contributed by atoms with van der Waals surface area (Å²) in [6.45, 7) is 2.08. The third-order valence-electron chi connectivity index (χ3n) is 1.16. The highest BCUT2D eigenvalue weighted by Gasteiger charge is 1.98. The van der Waals surface area contributed by atoms with Gasteiger partial charge in [0, 0.05) is 19.9 Å². The zero-order valence-corrected chi connectivity index (χ0v) is 8.68. The maximum Gasteiger partial charge on any atom is 0.216 e. The van der Waals surface area contributed by atoms with E-state index >= 15 is 0 Å². The number of halogens is 1. The van der Waals surface area contributed by atoms with E-state index in [0.717, 1.165) is 6.42 Å². The molecule has 0 unspecified atom stereocenters. The summed E-state index contributed by atoms with van der Waals surface area (Å²) in [5, 5.41) is 2.63. The van der Waals surface area contributed by atoms with Crippen molar-refractivity contribution in [3.63, 3.8) is 0 Å². The molecular formula is C7H12INO2. The van der Waals surface area contributed by atoms with Crippen molar-refractivity contribution in [1.29, 1.82) is 0 Å². The molecule has 0 heterocycles. The predicted octanol–water partition coefficient (Wildman–Crippen LogP) is 0.907. The lowest BCUT2D eigenvalue weighted by Crippen LogP contribution is -2.21. The Morgan fingerprint density at radius 2 is 2.09 bits per heavy atom. The summed E-state index contributed by atoms with van der Waals surface area (Å²) < 4.78 is 0.567. The number of Topliss-reactive ketones (excluding diaryl/α,β-unsaturated/α-hetero) is 1. The second-order valence-electron chi connectivity index (χ2n) is 2.26. The van der Waals surface area contributed by atoms with Crippen LogP contribution in [0.3, 0.4) is 0 Å². The number of carbonyl (C=O) groups excluding carboxylic acids is 2. The Balaban J connectivity index is 3.14. The van der Waals surface area contributed by atoms with Gasteiger partial charge in [-0.25, -0.2) is 0 Å². The van der Waals surface area contributed by atoms with Gasteiger partial charge in [0.05, 0.1) is 4.43 Å². The molecular weight excluding hydrogens is 257 g/mol. The Labute approximate surface area is 80.1 Å². The lowest BCUT2D eigenvalue weighted by atomic mass is 10.2. The zero-order chi connectivity index (χ0) is 8.69. The molecule has 0 radical (unpaired) electrons. The van der Waals surface area contributed by atoms with Gasteiger partial charge < -0.3 is 5.32 Å². The summed E-state index contributed by atoms with van der Waals surface area (Å²) in [6.07, 6.45) is 1.32. The number of rotatable bonds is 5. The summed E-state index contributed by atoms with van der Waals surface area (Å²) in [7, 11) is 0. The minimum absolute atomic E-state index is 0.0353. The van der Waals surface area contributed by atoms with Crippen LogP contribution >= 0.6 is 22.6 Å². The maximum atomic E-state index is 10.7. The van der Waals surface area contributed by atoms with Crippen LogP contribution in [0.2, 0.25) is 0 Å². The molecule has 1 amide bonds. The van der Waals surface area contributed by atoms with Crippen LogP contribution < -0.4 is 5.32 Å². The summed E-state index contributed by atoms with van der Waals surface area (Å²) in [4.78, 5) is 21.1. The standard InChI is InChI=1S/C7H12INO2/c1-6(10)9-4-2-3-7(11)5-8/h2-5H2,1H3,(H,9,10). The van der Waals surface area contributed by atoms with Gasteiger partial charge in [0.15, 0.2) is 0 Å². The van der Waals surface area contributed by atoms with Gasteiger partial charge in [-0.1, -0.05) is 22.6 Å². The zero-order valence-electron chi connectivity index (χ0n) is 6.52. The molecule has 64 valence electrons. The third kappa shape index (κ3) is 7.77. The third-order valence-corrected chi connectivity index (χ3v) is 2.01. The van der Waals surface area contributed by atoms with Crippen LogP contribution in [0.1, 0.15) is 19.8 Å². The molecule has 0 atom stereocenters. The Morgan fingerprint density at radius 3 is 2.55 bits per heavy atom. The number of alkyl halides is 1. The van der Waals surface area contributed by atoms with E-state index in [4.69, 9.17) is 0 Å². The summed E-state index contributed by atoms with van der Waals surface area (Å²) in [5.74, 6) is 0.211. The molecule has 0 saturated carbocycles. The molecule has 0 fully saturated rings. The van der Waals surface area contributed by atoms with Gasteiger partial charge in [0.25, 0.3) is 0 Å². The van der Waals surface area contributed by atoms with Gasteiger partial charge in [0.2, 0.25) is 5.91 Å². The Hall–Kier alpha value is -0.130. The average Bonchev–Trinajstić information content (AvgIpc) is 1.97. The fourth-order valence-electron chi connectivity index (χ4n) is 0.617. The number of amides is 1. The Morgan fingerprint density at radius 1 is 1.45 bits per heavy atom. The number of ketones is 1. The van der Waals surface area contributed by atoms with Crippen molar-refractivity contribution in [3.8, 4) is 0 Å².